The molecule has 1 saturated heterocycles. The summed E-state index contributed by atoms with van der Waals surface area (Å²) in [7, 11) is -4.28. The van der Waals surface area contributed by atoms with Gasteiger partial charge in [0, 0.05) is 13.0 Å². The highest BCUT2D eigenvalue weighted by molar-refractivity contribution is 7.89. The molecule has 12 heteroatoms. The maximum absolute atomic E-state index is 15.8. The summed E-state index contributed by atoms with van der Waals surface area (Å²) >= 11 is 0. The van der Waals surface area contributed by atoms with Gasteiger partial charge in [0.1, 0.15) is 29.3 Å². The van der Waals surface area contributed by atoms with Crippen LogP contribution in [0.2, 0.25) is 0 Å². The number of rotatable bonds is 7. The molecule has 0 spiro atoms. The van der Waals surface area contributed by atoms with Crippen LogP contribution in [0, 0.1) is 23.4 Å². The summed E-state index contributed by atoms with van der Waals surface area (Å²) in [6, 6.07) is 2.65. The van der Waals surface area contributed by atoms with E-state index < -0.39 is 88.3 Å². The molecule has 4 atom stereocenters. The molecule has 1 amide bonds. The van der Waals surface area contributed by atoms with Gasteiger partial charge in [-0.3, -0.25) is 4.79 Å². The lowest BCUT2D eigenvalue weighted by Gasteiger charge is -2.44. The largest absolute Gasteiger partial charge is 0.332 e. The predicted molar refractivity (Wildman–Crippen MR) is 106 cm³/mol. The maximum atomic E-state index is 15.8. The Hall–Kier alpha value is -2.60. The van der Waals surface area contributed by atoms with Gasteiger partial charge in [-0.05, 0) is 35.4 Å². The van der Waals surface area contributed by atoms with Crippen LogP contribution in [0.3, 0.4) is 0 Å². The number of carbonyl (C=O) groups is 1. The fourth-order valence-electron chi connectivity index (χ4n) is 4.10. The first-order valence-electron chi connectivity index (χ1n) is 9.89. The molecule has 5 nitrogen and oxygen atoms in total. The molecule has 178 valence electrons. The van der Waals surface area contributed by atoms with Crippen molar-refractivity contribution in [1.29, 1.82) is 0 Å². The molecule has 1 saturated carbocycles. The van der Waals surface area contributed by atoms with Crippen molar-refractivity contribution in [3.8, 4) is 11.1 Å². The normalized spacial score (nSPS) is 26.7. The third-order valence-corrected chi connectivity index (χ3v) is 6.87. The van der Waals surface area contributed by atoms with Crippen LogP contribution >= 0.6 is 0 Å². The number of halogens is 6. The molecule has 2 aliphatic rings. The van der Waals surface area contributed by atoms with Crippen molar-refractivity contribution >= 4 is 15.9 Å². The highest BCUT2D eigenvalue weighted by atomic mass is 32.2. The van der Waals surface area contributed by atoms with Crippen LogP contribution in [0.25, 0.3) is 11.1 Å². The third kappa shape index (κ3) is 4.21. The fraction of sp³-hybridized carbons (Fsp3) is 0.381. The Labute approximate surface area is 185 Å². The number of sulfonamides is 1. The minimum absolute atomic E-state index is 0.293. The van der Waals surface area contributed by atoms with E-state index in [4.69, 9.17) is 0 Å². The summed E-state index contributed by atoms with van der Waals surface area (Å²) in [5, 5.41) is 0. The number of hydrogen-bond acceptors (Lipinski definition) is 3. The number of nitrogens with one attached hydrogen (secondary N) is 1. The molecule has 4 rings (SSSR count). The second kappa shape index (κ2) is 8.32. The first-order chi connectivity index (χ1) is 15.5. The first-order valence-corrected chi connectivity index (χ1v) is 11.5. The van der Waals surface area contributed by atoms with Gasteiger partial charge in [-0.15, -0.1) is 0 Å². The van der Waals surface area contributed by atoms with Gasteiger partial charge in [0.05, 0.1) is 24.1 Å². The van der Waals surface area contributed by atoms with Crippen LogP contribution < -0.4 is 4.72 Å². The molecule has 0 bridgehead atoms. The number of likely N-dealkylation sites (tertiary alicyclic amines) is 1. The van der Waals surface area contributed by atoms with Crippen LogP contribution in [0.4, 0.5) is 26.3 Å². The van der Waals surface area contributed by atoms with Gasteiger partial charge in [0.2, 0.25) is 21.9 Å². The van der Waals surface area contributed by atoms with Gasteiger partial charge in [-0.1, -0.05) is 12.1 Å². The average molecular weight is 492 g/mol. The van der Waals surface area contributed by atoms with Gasteiger partial charge in [-0.25, -0.2) is 39.5 Å². The Morgan fingerprint density at radius 1 is 1.15 bits per heavy atom. The summed E-state index contributed by atoms with van der Waals surface area (Å²) in [4.78, 5) is 13.8. The van der Waals surface area contributed by atoms with Crippen LogP contribution in [-0.4, -0.2) is 50.5 Å². The predicted octanol–water partition coefficient (Wildman–Crippen LogP) is 3.35. The average Bonchev–Trinajstić information content (AvgIpc) is 3.44. The fourth-order valence-corrected chi connectivity index (χ4v) is 4.61. The number of hydrogen-bond donors (Lipinski definition) is 1. The first kappa shape index (κ1) is 23.6. The lowest BCUT2D eigenvalue weighted by molar-refractivity contribution is -0.147. The zero-order chi connectivity index (χ0) is 24.1. The lowest BCUT2D eigenvalue weighted by Crippen LogP contribution is -2.64. The van der Waals surface area contributed by atoms with Crippen molar-refractivity contribution in [1.82, 2.24) is 9.62 Å². The highest BCUT2D eigenvalue weighted by Crippen LogP contribution is 2.59. The van der Waals surface area contributed by atoms with E-state index in [2.05, 4.69) is 0 Å². The number of alkyl halides is 3. The Morgan fingerprint density at radius 2 is 1.82 bits per heavy atom. The Balaban J connectivity index is 1.59. The van der Waals surface area contributed by atoms with Gasteiger partial charge in [0.25, 0.3) is 0 Å². The molecular formula is C21H18F6N2O3S. The number of carbonyl (C=O) groups excluding carboxylic acids is 1. The second-order valence-corrected chi connectivity index (χ2v) is 9.79. The summed E-state index contributed by atoms with van der Waals surface area (Å²) in [6.07, 6.45) is -1.99. The minimum Gasteiger partial charge on any atom is -0.332 e. The molecular weight excluding hydrogens is 474 g/mol. The Morgan fingerprint density at radius 3 is 2.42 bits per heavy atom. The summed E-state index contributed by atoms with van der Waals surface area (Å²) < 4.78 is 109. The van der Waals surface area contributed by atoms with Crippen molar-refractivity contribution in [3.05, 3.63) is 59.4 Å². The topological polar surface area (TPSA) is 66.5 Å². The molecule has 0 aromatic heterocycles. The maximum Gasteiger partial charge on any atom is 0.241 e. The molecule has 1 aliphatic heterocycles. The molecule has 1 N–H and O–H groups in total. The van der Waals surface area contributed by atoms with Gasteiger partial charge in [-0.2, -0.15) is 0 Å². The van der Waals surface area contributed by atoms with E-state index in [1.807, 2.05) is 4.72 Å². The van der Waals surface area contributed by atoms with E-state index in [-0.39, 0.29) is 11.1 Å². The molecule has 1 heterocycles. The lowest BCUT2D eigenvalue weighted by atomic mass is 9.92. The van der Waals surface area contributed by atoms with E-state index >= 15 is 4.39 Å². The molecule has 1 aliphatic carbocycles. The highest BCUT2D eigenvalue weighted by Gasteiger charge is 2.64. The van der Waals surface area contributed by atoms with Gasteiger partial charge < -0.3 is 4.90 Å². The summed E-state index contributed by atoms with van der Waals surface area (Å²) in [5.74, 6) is -5.13. The van der Waals surface area contributed by atoms with Crippen LogP contribution in [0.1, 0.15) is 12.0 Å². The summed E-state index contributed by atoms with van der Waals surface area (Å²) in [5.41, 5.74) is -3.71. The zero-order valence-electron chi connectivity index (χ0n) is 16.9. The van der Waals surface area contributed by atoms with Gasteiger partial charge in [0.15, 0.2) is 0 Å². The van der Waals surface area contributed by atoms with Crippen LogP contribution in [0.15, 0.2) is 36.4 Å². The molecule has 2 aromatic carbocycles. The second-order valence-electron chi connectivity index (χ2n) is 8.05. The standard InChI is InChI=1S/C21H18F6N2O3S/c22-10-33(31,32)28-8-18-17(26)9-29(18)20(30)14-7-21(14,27)13-5-4-11(23)6-12(13)19-15(24)2-1-3-16(19)25/h1-6,14,17-18,28H,7-10H2/t14-,17+,18+,21+/m0/s1. The quantitative estimate of drug-likeness (QED) is 0.603. The van der Waals surface area contributed by atoms with Crippen molar-refractivity contribution in [2.75, 3.05) is 19.1 Å². The molecule has 0 radical (unpaired) electrons. The Kier molecular flexibility index (Phi) is 5.94. The van der Waals surface area contributed by atoms with E-state index in [9.17, 15) is 35.2 Å². The van der Waals surface area contributed by atoms with Crippen molar-refractivity contribution < 1.29 is 39.6 Å². The van der Waals surface area contributed by atoms with E-state index in [1.54, 1.807) is 0 Å². The number of amides is 1. The van der Waals surface area contributed by atoms with Gasteiger partial charge >= 0.3 is 0 Å². The van der Waals surface area contributed by atoms with E-state index in [0.29, 0.717) is 0 Å². The minimum atomic E-state index is -4.28. The third-order valence-electron chi connectivity index (χ3n) is 5.98. The number of benzene rings is 2. The number of nitrogens with zero attached hydrogens (tertiary/aromatic N) is 1. The molecule has 33 heavy (non-hydrogen) atoms. The van der Waals surface area contributed by atoms with E-state index in [1.165, 1.54) is 0 Å². The van der Waals surface area contributed by atoms with Crippen LogP contribution in [0.5, 0.6) is 0 Å². The summed E-state index contributed by atoms with van der Waals surface area (Å²) in [6.45, 7) is -1.00. The van der Waals surface area contributed by atoms with Crippen LogP contribution in [-0.2, 0) is 20.5 Å². The molecule has 2 fully saturated rings. The zero-order valence-corrected chi connectivity index (χ0v) is 17.7. The molecule has 2 aromatic rings. The molecule has 0 unspecified atom stereocenters. The monoisotopic (exact) mass is 492 g/mol. The smallest absolute Gasteiger partial charge is 0.241 e. The van der Waals surface area contributed by atoms with Crippen molar-refractivity contribution in [3.63, 3.8) is 0 Å². The Bertz CT molecular complexity index is 1190. The van der Waals surface area contributed by atoms with Crippen molar-refractivity contribution in [2.24, 2.45) is 5.92 Å². The SMILES string of the molecule is O=C([C@@H]1C[C@@]1(F)c1ccc(F)cc1-c1c(F)cccc1F)N1C[C@@H](F)[C@H]1CNS(=O)(=O)CF. The van der Waals surface area contributed by atoms with Crippen molar-refractivity contribution in [2.45, 2.75) is 24.3 Å². The van der Waals surface area contributed by atoms with E-state index in [0.717, 1.165) is 41.3 Å².